The van der Waals surface area contributed by atoms with Crippen molar-refractivity contribution in [1.82, 2.24) is 15.0 Å². The number of pyridine rings is 3. The predicted octanol–water partition coefficient (Wildman–Crippen LogP) is 2.69. The maximum Gasteiger partial charge on any atom is 0.274 e. The Bertz CT molecular complexity index is 1340. The zero-order valence-electron chi connectivity index (χ0n) is 19.4. The van der Waals surface area contributed by atoms with E-state index in [2.05, 4.69) is 25.2 Å². The van der Waals surface area contributed by atoms with Crippen LogP contribution in [-0.2, 0) is 0 Å². The van der Waals surface area contributed by atoms with Gasteiger partial charge in [0.1, 0.15) is 17.5 Å². The van der Waals surface area contributed by atoms with Crippen LogP contribution in [0.3, 0.4) is 0 Å². The van der Waals surface area contributed by atoms with E-state index in [0.29, 0.717) is 35.8 Å². The molecule has 3 unspecified atom stereocenters. The molecule has 10 nitrogen and oxygen atoms in total. The molecule has 5 rings (SSSR count). The number of amides is 1. The number of rotatable bonds is 5. The minimum atomic E-state index is -0.563. The van der Waals surface area contributed by atoms with Crippen molar-refractivity contribution in [2.24, 2.45) is 11.7 Å². The Kier molecular flexibility index (Phi) is 6.06. The molecule has 1 saturated heterocycles. The van der Waals surface area contributed by atoms with Crippen LogP contribution in [0.2, 0.25) is 0 Å². The Balaban J connectivity index is 1.42. The number of ether oxygens (including phenoxy) is 1. The lowest BCUT2D eigenvalue weighted by Gasteiger charge is -2.40. The molecule has 4 aromatic heterocycles. The van der Waals surface area contributed by atoms with Gasteiger partial charge in [-0.3, -0.25) is 9.78 Å². The number of hydrogen-bond donors (Lipinski definition) is 3. The van der Waals surface area contributed by atoms with Crippen LogP contribution < -0.4 is 20.7 Å². The number of anilines is 2. The summed E-state index contributed by atoms with van der Waals surface area (Å²) in [6, 6.07) is 8.38. The lowest BCUT2D eigenvalue weighted by Crippen LogP contribution is -2.55. The summed E-state index contributed by atoms with van der Waals surface area (Å²) in [5.41, 5.74) is 10.3. The highest BCUT2D eigenvalue weighted by Gasteiger charge is 2.32. The topological polar surface area (TPSA) is 140 Å². The molecule has 5 heterocycles. The molecular weight excluding hydrogens is 448 g/mol. The van der Waals surface area contributed by atoms with Gasteiger partial charge >= 0.3 is 0 Å². The highest BCUT2D eigenvalue weighted by molar-refractivity contribution is 6.06. The van der Waals surface area contributed by atoms with Crippen molar-refractivity contribution in [2.45, 2.75) is 19.1 Å². The van der Waals surface area contributed by atoms with E-state index in [9.17, 15) is 9.90 Å². The normalized spacial score (nSPS) is 20.1. The number of fused-ring (bicyclic) bond motifs is 1. The Morgan fingerprint density at radius 3 is 2.83 bits per heavy atom. The van der Waals surface area contributed by atoms with Crippen molar-refractivity contribution in [2.75, 3.05) is 30.4 Å². The fourth-order valence-corrected chi connectivity index (χ4v) is 4.36. The van der Waals surface area contributed by atoms with Crippen molar-refractivity contribution in [3.8, 4) is 17.0 Å². The van der Waals surface area contributed by atoms with Gasteiger partial charge in [0.05, 0.1) is 30.8 Å². The second-order valence-electron chi connectivity index (χ2n) is 8.67. The van der Waals surface area contributed by atoms with Gasteiger partial charge < -0.3 is 30.2 Å². The van der Waals surface area contributed by atoms with Gasteiger partial charge in [-0.15, -0.1) is 0 Å². The second kappa shape index (κ2) is 9.32. The van der Waals surface area contributed by atoms with Gasteiger partial charge in [0.25, 0.3) is 5.91 Å². The third kappa shape index (κ3) is 4.41. The van der Waals surface area contributed by atoms with Crippen LogP contribution in [0.25, 0.3) is 22.2 Å². The molecule has 3 atom stereocenters. The van der Waals surface area contributed by atoms with Crippen LogP contribution in [0, 0.1) is 5.92 Å². The summed E-state index contributed by atoms with van der Waals surface area (Å²) < 4.78 is 10.8. The van der Waals surface area contributed by atoms with E-state index < -0.39 is 6.10 Å². The molecule has 4 N–H and O–H groups in total. The first-order valence-electron chi connectivity index (χ1n) is 11.3. The largest absolute Gasteiger partial charge is 0.481 e. The predicted molar refractivity (Wildman–Crippen MR) is 131 cm³/mol. The molecular formula is C25H26N6O4. The smallest absolute Gasteiger partial charge is 0.274 e. The highest BCUT2D eigenvalue weighted by Crippen LogP contribution is 2.31. The highest BCUT2D eigenvalue weighted by atomic mass is 16.5. The summed E-state index contributed by atoms with van der Waals surface area (Å²) >= 11 is 0. The van der Waals surface area contributed by atoms with Gasteiger partial charge in [0.2, 0.25) is 5.88 Å². The fourth-order valence-electron chi connectivity index (χ4n) is 4.36. The average molecular weight is 475 g/mol. The number of aliphatic hydroxyl groups is 1. The molecule has 180 valence electrons. The molecule has 1 aliphatic heterocycles. The molecule has 35 heavy (non-hydrogen) atoms. The second-order valence-corrected chi connectivity index (χ2v) is 8.67. The monoisotopic (exact) mass is 474 g/mol. The summed E-state index contributed by atoms with van der Waals surface area (Å²) in [6.45, 7) is 3.03. The van der Waals surface area contributed by atoms with Gasteiger partial charge in [0, 0.05) is 54.6 Å². The quantitative estimate of drug-likeness (QED) is 0.398. The molecule has 10 heteroatoms. The molecule has 1 amide bonds. The Morgan fingerprint density at radius 1 is 1.23 bits per heavy atom. The van der Waals surface area contributed by atoms with Crippen molar-refractivity contribution in [3.05, 3.63) is 60.9 Å². The van der Waals surface area contributed by atoms with Crippen LogP contribution in [0.1, 0.15) is 17.4 Å². The van der Waals surface area contributed by atoms with Crippen molar-refractivity contribution in [3.63, 3.8) is 0 Å². The maximum absolute atomic E-state index is 13.2. The Morgan fingerprint density at radius 2 is 2.09 bits per heavy atom. The zero-order valence-corrected chi connectivity index (χ0v) is 19.4. The van der Waals surface area contributed by atoms with Gasteiger partial charge in [0.15, 0.2) is 5.58 Å². The average Bonchev–Trinajstić information content (AvgIpc) is 3.30. The van der Waals surface area contributed by atoms with Crippen molar-refractivity contribution in [1.29, 1.82) is 0 Å². The molecule has 4 aromatic rings. The molecule has 0 spiro atoms. The molecule has 0 bridgehead atoms. The maximum atomic E-state index is 13.2. The van der Waals surface area contributed by atoms with E-state index in [1.165, 1.54) is 0 Å². The first-order chi connectivity index (χ1) is 16.9. The SMILES string of the molecule is COc1ccc(-c2coc3ccc(C(=O)Nc4cnccc4N4CC(C)C(O)C(N)C4)nc23)cn1. The summed E-state index contributed by atoms with van der Waals surface area (Å²) in [5.74, 6) is 0.113. The van der Waals surface area contributed by atoms with E-state index in [0.717, 1.165) is 16.8 Å². The van der Waals surface area contributed by atoms with Crippen LogP contribution in [0.15, 0.2) is 59.6 Å². The molecule has 0 saturated carbocycles. The van der Waals surface area contributed by atoms with E-state index in [1.807, 2.05) is 19.1 Å². The van der Waals surface area contributed by atoms with Crippen LogP contribution in [0.4, 0.5) is 11.4 Å². The lowest BCUT2D eigenvalue weighted by molar-refractivity contribution is 0.0785. The number of aromatic nitrogens is 3. The van der Waals surface area contributed by atoms with Gasteiger partial charge in [-0.05, 0) is 24.3 Å². The standard InChI is InChI=1S/C25H26N6O4/c1-14-11-31(12-17(26)24(14)32)20-7-8-27-10-19(20)30-25(33)18-4-5-21-23(29-18)16(13-35-21)15-3-6-22(34-2)28-9-15/h3-10,13-14,17,24,32H,11-12,26H2,1-2H3,(H,30,33). The van der Waals surface area contributed by atoms with E-state index in [-0.39, 0.29) is 23.6 Å². The summed E-state index contributed by atoms with van der Waals surface area (Å²) in [6.07, 6.45) is 5.96. The van der Waals surface area contributed by atoms with Crippen molar-refractivity contribution >= 4 is 28.4 Å². The molecule has 1 fully saturated rings. The van der Waals surface area contributed by atoms with Crippen LogP contribution >= 0.6 is 0 Å². The number of furan rings is 1. The van der Waals surface area contributed by atoms with Crippen molar-refractivity contribution < 1.29 is 19.1 Å². The summed E-state index contributed by atoms with van der Waals surface area (Å²) in [5, 5.41) is 13.1. The number of nitrogens with two attached hydrogens (primary N) is 1. The number of nitrogens with zero attached hydrogens (tertiary/aromatic N) is 4. The third-order valence-corrected chi connectivity index (χ3v) is 6.25. The number of piperidine rings is 1. The Hall–Kier alpha value is -4.02. The Labute approximate surface area is 201 Å². The molecule has 0 radical (unpaired) electrons. The minimum Gasteiger partial charge on any atom is -0.481 e. The van der Waals surface area contributed by atoms with Crippen LogP contribution in [0.5, 0.6) is 5.88 Å². The van der Waals surface area contributed by atoms with E-state index in [4.69, 9.17) is 14.9 Å². The number of hydrogen-bond acceptors (Lipinski definition) is 9. The van der Waals surface area contributed by atoms with Gasteiger partial charge in [-0.25, -0.2) is 9.97 Å². The third-order valence-electron chi connectivity index (χ3n) is 6.25. The first kappa shape index (κ1) is 22.8. The van der Waals surface area contributed by atoms with Crippen LogP contribution in [-0.4, -0.2) is 58.3 Å². The molecule has 0 aliphatic carbocycles. The summed E-state index contributed by atoms with van der Waals surface area (Å²) in [4.78, 5) is 28.2. The molecule has 1 aliphatic rings. The number of carbonyl (C=O) groups excluding carboxylic acids is 1. The first-order valence-corrected chi connectivity index (χ1v) is 11.3. The zero-order chi connectivity index (χ0) is 24.5. The lowest BCUT2D eigenvalue weighted by atomic mass is 9.92. The van der Waals surface area contributed by atoms with E-state index in [1.54, 1.807) is 50.2 Å². The summed E-state index contributed by atoms with van der Waals surface area (Å²) in [7, 11) is 1.55. The number of nitrogens with one attached hydrogen (secondary N) is 1. The number of aliphatic hydroxyl groups excluding tert-OH is 1. The fraction of sp³-hybridized carbons (Fsp3) is 0.280. The molecule has 0 aromatic carbocycles. The number of carbonyl (C=O) groups is 1. The van der Waals surface area contributed by atoms with Gasteiger partial charge in [-0.2, -0.15) is 0 Å². The van der Waals surface area contributed by atoms with E-state index >= 15 is 0 Å². The van der Waals surface area contributed by atoms with Gasteiger partial charge in [-0.1, -0.05) is 6.92 Å². The number of methoxy groups -OCH3 is 1. The minimum absolute atomic E-state index is 0.00787.